The third-order valence-corrected chi connectivity index (χ3v) is 2.64. The van der Waals surface area contributed by atoms with E-state index in [1.165, 1.54) is 6.26 Å². The van der Waals surface area contributed by atoms with E-state index in [4.69, 9.17) is 20.8 Å². The Kier molecular flexibility index (Phi) is 3.96. The second-order valence-electron chi connectivity index (χ2n) is 3.16. The number of furan rings is 1. The van der Waals surface area contributed by atoms with Crippen molar-refractivity contribution in [2.75, 3.05) is 6.61 Å². The molecule has 0 aromatic carbocycles. The molecule has 2 aromatic heterocycles. The number of aromatic nitrogens is 3. The summed E-state index contributed by atoms with van der Waals surface area (Å²) in [6.45, 7) is 2.52. The van der Waals surface area contributed by atoms with Crippen LogP contribution in [0.4, 0.5) is 0 Å². The van der Waals surface area contributed by atoms with E-state index in [1.54, 1.807) is 6.07 Å². The molecule has 0 amide bonds. The van der Waals surface area contributed by atoms with Gasteiger partial charge in [-0.25, -0.2) is 0 Å². The second-order valence-corrected chi connectivity index (χ2v) is 4.35. The summed E-state index contributed by atoms with van der Waals surface area (Å²) in [7, 11) is 0. The number of ether oxygens (including phenoxy) is 1. The van der Waals surface area contributed by atoms with E-state index in [9.17, 15) is 0 Å². The van der Waals surface area contributed by atoms with Crippen molar-refractivity contribution in [2.24, 2.45) is 0 Å². The van der Waals surface area contributed by atoms with Gasteiger partial charge < -0.3 is 9.15 Å². The first kappa shape index (κ1) is 12.3. The molecule has 5 nitrogen and oxygen atoms in total. The second kappa shape index (κ2) is 5.46. The van der Waals surface area contributed by atoms with Gasteiger partial charge in [0.05, 0.1) is 17.3 Å². The van der Waals surface area contributed by atoms with Crippen LogP contribution in [0.3, 0.4) is 0 Å². The fourth-order valence-corrected chi connectivity index (χ4v) is 1.68. The van der Waals surface area contributed by atoms with E-state index < -0.39 is 0 Å². The summed E-state index contributed by atoms with van der Waals surface area (Å²) >= 11 is 9.13. The van der Waals surface area contributed by atoms with Crippen LogP contribution in [0.2, 0.25) is 5.28 Å². The third-order valence-electron chi connectivity index (χ3n) is 1.84. The smallest absolute Gasteiger partial charge is 0.321 e. The Morgan fingerprint density at radius 2 is 2.24 bits per heavy atom. The Hall–Kier alpha value is -1.14. The average Bonchev–Trinajstić information content (AvgIpc) is 2.72. The molecular formula is C10H9BrClN3O2. The molecule has 0 atom stereocenters. The molecule has 0 radical (unpaired) electrons. The van der Waals surface area contributed by atoms with E-state index in [-0.39, 0.29) is 11.3 Å². The standard InChI is InChI=1S/C10H9BrClN3O2/c1-2-4-17-10-14-8(13-9(12)15-10)7-6(11)3-5-16-7/h3,5H,2,4H2,1H3. The molecule has 7 heteroatoms. The molecule has 0 aliphatic rings. The van der Waals surface area contributed by atoms with Gasteiger partial charge >= 0.3 is 6.01 Å². The van der Waals surface area contributed by atoms with Crippen LogP contribution in [0, 0.1) is 0 Å². The molecule has 90 valence electrons. The van der Waals surface area contributed by atoms with Crippen LogP contribution in [-0.4, -0.2) is 21.6 Å². The highest BCUT2D eigenvalue weighted by molar-refractivity contribution is 9.10. The molecule has 0 unspecified atom stereocenters. The maximum atomic E-state index is 5.80. The van der Waals surface area contributed by atoms with E-state index in [0.29, 0.717) is 18.2 Å². The maximum Gasteiger partial charge on any atom is 0.321 e. The molecule has 2 aromatic rings. The predicted molar refractivity (Wildman–Crippen MR) is 66.0 cm³/mol. The summed E-state index contributed by atoms with van der Waals surface area (Å²) < 4.78 is 11.3. The van der Waals surface area contributed by atoms with E-state index in [1.807, 2.05) is 6.92 Å². The highest BCUT2D eigenvalue weighted by Gasteiger charge is 2.13. The molecule has 0 saturated heterocycles. The largest absolute Gasteiger partial charge is 0.463 e. The van der Waals surface area contributed by atoms with Crippen LogP contribution < -0.4 is 4.74 Å². The van der Waals surface area contributed by atoms with Crippen molar-refractivity contribution < 1.29 is 9.15 Å². The van der Waals surface area contributed by atoms with E-state index >= 15 is 0 Å². The van der Waals surface area contributed by atoms with Crippen molar-refractivity contribution in [1.82, 2.24) is 15.0 Å². The van der Waals surface area contributed by atoms with Crippen molar-refractivity contribution in [3.05, 3.63) is 22.1 Å². The zero-order chi connectivity index (χ0) is 12.3. The minimum absolute atomic E-state index is 0.0735. The average molecular weight is 319 g/mol. The van der Waals surface area contributed by atoms with Gasteiger partial charge in [-0.2, -0.15) is 15.0 Å². The summed E-state index contributed by atoms with van der Waals surface area (Å²) in [5, 5.41) is 0.0735. The zero-order valence-electron chi connectivity index (χ0n) is 8.98. The van der Waals surface area contributed by atoms with Gasteiger partial charge in [0.25, 0.3) is 0 Å². The number of hydrogen-bond acceptors (Lipinski definition) is 5. The lowest BCUT2D eigenvalue weighted by atomic mass is 10.4. The van der Waals surface area contributed by atoms with Gasteiger partial charge in [0.15, 0.2) is 5.76 Å². The molecular weight excluding hydrogens is 309 g/mol. The Balaban J connectivity index is 2.35. The van der Waals surface area contributed by atoms with Crippen LogP contribution in [0.1, 0.15) is 13.3 Å². The molecule has 2 heterocycles. The Morgan fingerprint density at radius 1 is 1.41 bits per heavy atom. The Labute approximate surface area is 111 Å². The topological polar surface area (TPSA) is 61.0 Å². The predicted octanol–water partition coefficient (Wildman–Crippen LogP) is 3.34. The van der Waals surface area contributed by atoms with Crippen molar-refractivity contribution in [3.63, 3.8) is 0 Å². The highest BCUT2D eigenvalue weighted by atomic mass is 79.9. The Morgan fingerprint density at radius 3 is 2.88 bits per heavy atom. The molecule has 0 fully saturated rings. The third kappa shape index (κ3) is 2.95. The SMILES string of the molecule is CCCOc1nc(Cl)nc(-c2occc2Br)n1. The first-order chi connectivity index (χ1) is 8.20. The van der Waals surface area contributed by atoms with Gasteiger partial charge in [-0.1, -0.05) is 6.92 Å². The minimum Gasteiger partial charge on any atom is -0.463 e. The fraction of sp³-hybridized carbons (Fsp3) is 0.300. The summed E-state index contributed by atoms with van der Waals surface area (Å²) in [4.78, 5) is 12.0. The lowest BCUT2D eigenvalue weighted by molar-refractivity contribution is 0.291. The van der Waals surface area contributed by atoms with Gasteiger partial charge in [-0.3, -0.25) is 0 Å². The lowest BCUT2D eigenvalue weighted by Crippen LogP contribution is -2.02. The van der Waals surface area contributed by atoms with Crippen LogP contribution >= 0.6 is 27.5 Å². The normalized spacial score (nSPS) is 10.5. The molecule has 0 saturated carbocycles. The van der Waals surface area contributed by atoms with Crippen LogP contribution in [-0.2, 0) is 0 Å². The van der Waals surface area contributed by atoms with Crippen LogP contribution in [0.15, 0.2) is 21.2 Å². The van der Waals surface area contributed by atoms with Gasteiger partial charge in [0, 0.05) is 0 Å². The number of nitrogens with zero attached hydrogens (tertiary/aromatic N) is 3. The summed E-state index contributed by atoms with van der Waals surface area (Å²) in [5.74, 6) is 0.837. The maximum absolute atomic E-state index is 5.80. The van der Waals surface area contributed by atoms with Gasteiger partial charge in [0.1, 0.15) is 0 Å². The summed E-state index contributed by atoms with van der Waals surface area (Å²) in [6.07, 6.45) is 2.40. The van der Waals surface area contributed by atoms with Crippen molar-refractivity contribution in [1.29, 1.82) is 0 Å². The molecule has 2 rings (SSSR count). The number of halogens is 2. The first-order valence-corrected chi connectivity index (χ1v) is 6.15. The van der Waals surface area contributed by atoms with E-state index in [0.717, 1.165) is 10.9 Å². The Bertz CT molecular complexity index is 518. The molecule has 17 heavy (non-hydrogen) atoms. The van der Waals surface area contributed by atoms with Crippen LogP contribution in [0.5, 0.6) is 6.01 Å². The van der Waals surface area contributed by atoms with Crippen molar-refractivity contribution in [3.8, 4) is 17.6 Å². The van der Waals surface area contributed by atoms with Gasteiger partial charge in [0.2, 0.25) is 11.1 Å². The molecule has 0 aliphatic heterocycles. The minimum atomic E-state index is 0.0735. The lowest BCUT2D eigenvalue weighted by Gasteiger charge is -2.03. The zero-order valence-corrected chi connectivity index (χ0v) is 11.3. The highest BCUT2D eigenvalue weighted by Crippen LogP contribution is 2.27. The molecule has 0 N–H and O–H groups in total. The van der Waals surface area contributed by atoms with Gasteiger partial charge in [-0.15, -0.1) is 0 Å². The van der Waals surface area contributed by atoms with Crippen LogP contribution in [0.25, 0.3) is 11.6 Å². The molecule has 0 aliphatic carbocycles. The summed E-state index contributed by atoms with van der Waals surface area (Å²) in [5.41, 5.74) is 0. The van der Waals surface area contributed by atoms with Crippen molar-refractivity contribution >= 4 is 27.5 Å². The van der Waals surface area contributed by atoms with Gasteiger partial charge in [-0.05, 0) is 40.0 Å². The number of rotatable bonds is 4. The van der Waals surface area contributed by atoms with E-state index in [2.05, 4.69) is 30.9 Å². The van der Waals surface area contributed by atoms with Crippen molar-refractivity contribution in [2.45, 2.75) is 13.3 Å². The first-order valence-electron chi connectivity index (χ1n) is 4.98. The summed E-state index contributed by atoms with van der Waals surface area (Å²) in [6, 6.07) is 1.95. The molecule has 0 bridgehead atoms. The quantitative estimate of drug-likeness (QED) is 0.865. The fourth-order valence-electron chi connectivity index (χ4n) is 1.14. The molecule has 0 spiro atoms. The number of hydrogen-bond donors (Lipinski definition) is 0. The monoisotopic (exact) mass is 317 g/mol.